The number of carbonyl (C=O) groups is 1. The van der Waals surface area contributed by atoms with Gasteiger partial charge in [0.25, 0.3) is 10.0 Å². The van der Waals surface area contributed by atoms with E-state index in [2.05, 4.69) is 9.46 Å². The molecular formula is C15H13Cl2NO5S. The van der Waals surface area contributed by atoms with Crippen molar-refractivity contribution in [1.29, 1.82) is 0 Å². The quantitative estimate of drug-likeness (QED) is 0.790. The summed E-state index contributed by atoms with van der Waals surface area (Å²) in [6.45, 7) is 0. The Morgan fingerprint density at radius 2 is 1.75 bits per heavy atom. The van der Waals surface area contributed by atoms with Crippen molar-refractivity contribution < 1.29 is 22.7 Å². The van der Waals surface area contributed by atoms with Gasteiger partial charge in [0.2, 0.25) is 0 Å². The van der Waals surface area contributed by atoms with Crippen LogP contribution in [0, 0.1) is 0 Å². The molecule has 0 amide bonds. The number of sulfonamides is 1. The Kier molecular flexibility index (Phi) is 5.58. The molecule has 0 saturated heterocycles. The number of benzene rings is 2. The Labute approximate surface area is 149 Å². The standard InChI is InChI=1S/C15H13Cl2NO5S/c1-22-14-6-4-10(8-12(14)17)24(20,21)18-13-7-9(15(19)23-2)3-5-11(13)16/h3-8,18H,1-2H3. The first-order chi connectivity index (χ1) is 11.3. The summed E-state index contributed by atoms with van der Waals surface area (Å²) in [6, 6.07) is 8.13. The highest BCUT2D eigenvalue weighted by atomic mass is 35.5. The SMILES string of the molecule is COC(=O)c1ccc(Cl)c(NS(=O)(=O)c2ccc(OC)c(Cl)c2)c1. The van der Waals surface area contributed by atoms with Gasteiger partial charge in [-0.2, -0.15) is 0 Å². The zero-order chi connectivity index (χ0) is 17.9. The van der Waals surface area contributed by atoms with Crippen LogP contribution in [0.3, 0.4) is 0 Å². The molecule has 24 heavy (non-hydrogen) atoms. The maximum Gasteiger partial charge on any atom is 0.337 e. The van der Waals surface area contributed by atoms with E-state index >= 15 is 0 Å². The van der Waals surface area contributed by atoms with Crippen molar-refractivity contribution >= 4 is 44.9 Å². The van der Waals surface area contributed by atoms with Crippen LogP contribution in [0.2, 0.25) is 10.0 Å². The molecule has 9 heteroatoms. The number of ether oxygens (including phenoxy) is 2. The zero-order valence-electron chi connectivity index (χ0n) is 12.7. The van der Waals surface area contributed by atoms with Crippen molar-refractivity contribution in [2.45, 2.75) is 4.90 Å². The van der Waals surface area contributed by atoms with Crippen LogP contribution >= 0.6 is 23.2 Å². The molecule has 1 N–H and O–H groups in total. The van der Waals surface area contributed by atoms with Crippen LogP contribution in [0.25, 0.3) is 0 Å². The van der Waals surface area contributed by atoms with Crippen molar-refractivity contribution in [3.8, 4) is 5.75 Å². The molecule has 0 saturated carbocycles. The van der Waals surface area contributed by atoms with Gasteiger partial charge in [-0.3, -0.25) is 4.72 Å². The summed E-state index contributed by atoms with van der Waals surface area (Å²) in [4.78, 5) is 11.5. The van der Waals surface area contributed by atoms with Crippen LogP contribution in [-0.4, -0.2) is 28.6 Å². The van der Waals surface area contributed by atoms with Gasteiger partial charge in [-0.05, 0) is 36.4 Å². The number of hydrogen-bond donors (Lipinski definition) is 1. The van der Waals surface area contributed by atoms with Gasteiger partial charge >= 0.3 is 5.97 Å². The molecule has 0 fully saturated rings. The highest BCUT2D eigenvalue weighted by Gasteiger charge is 2.19. The predicted octanol–water partition coefficient (Wildman–Crippen LogP) is 3.59. The lowest BCUT2D eigenvalue weighted by molar-refractivity contribution is 0.0601. The third-order valence-electron chi connectivity index (χ3n) is 3.07. The van der Waals surface area contributed by atoms with Gasteiger partial charge in [-0.15, -0.1) is 0 Å². The lowest BCUT2D eigenvalue weighted by Crippen LogP contribution is -2.14. The fourth-order valence-electron chi connectivity index (χ4n) is 1.87. The molecule has 0 heterocycles. The Morgan fingerprint density at radius 3 is 2.33 bits per heavy atom. The molecule has 2 aromatic carbocycles. The molecule has 2 aromatic rings. The van der Waals surface area contributed by atoms with Gasteiger partial charge < -0.3 is 9.47 Å². The highest BCUT2D eigenvalue weighted by Crippen LogP contribution is 2.30. The van der Waals surface area contributed by atoms with Crippen molar-refractivity contribution in [3.63, 3.8) is 0 Å². The van der Waals surface area contributed by atoms with Crippen LogP contribution in [0.4, 0.5) is 5.69 Å². The minimum atomic E-state index is -3.96. The molecule has 0 radical (unpaired) electrons. The lowest BCUT2D eigenvalue weighted by Gasteiger charge is -2.12. The fraction of sp³-hybridized carbons (Fsp3) is 0.133. The van der Waals surface area contributed by atoms with Crippen LogP contribution in [0.5, 0.6) is 5.75 Å². The molecular weight excluding hydrogens is 377 g/mol. The van der Waals surface area contributed by atoms with E-state index in [0.29, 0.717) is 5.75 Å². The summed E-state index contributed by atoms with van der Waals surface area (Å²) in [6.07, 6.45) is 0. The summed E-state index contributed by atoms with van der Waals surface area (Å²) in [5, 5.41) is 0.278. The van der Waals surface area contributed by atoms with Gasteiger partial charge in [0.05, 0.1) is 40.4 Å². The van der Waals surface area contributed by atoms with Crippen LogP contribution in [0.1, 0.15) is 10.4 Å². The normalized spacial score (nSPS) is 11.0. The van der Waals surface area contributed by atoms with Gasteiger partial charge in [0.15, 0.2) is 0 Å². The monoisotopic (exact) mass is 389 g/mol. The first-order valence-corrected chi connectivity index (χ1v) is 8.76. The molecule has 0 spiro atoms. The summed E-state index contributed by atoms with van der Waals surface area (Å²) >= 11 is 11.9. The van der Waals surface area contributed by atoms with Gasteiger partial charge in [0, 0.05) is 0 Å². The summed E-state index contributed by atoms with van der Waals surface area (Å²) in [5.41, 5.74) is 0.207. The average Bonchev–Trinajstić information content (AvgIpc) is 2.55. The highest BCUT2D eigenvalue weighted by molar-refractivity contribution is 7.92. The minimum absolute atomic E-state index is 0.0477. The second-order valence-corrected chi connectivity index (χ2v) is 7.08. The number of carbonyl (C=O) groups excluding carboxylic acids is 1. The lowest BCUT2D eigenvalue weighted by atomic mass is 10.2. The number of hydrogen-bond acceptors (Lipinski definition) is 5. The second kappa shape index (κ2) is 7.29. The Morgan fingerprint density at radius 1 is 1.04 bits per heavy atom. The summed E-state index contributed by atoms with van der Waals surface area (Å²) in [7, 11) is -1.31. The molecule has 128 valence electrons. The Bertz CT molecular complexity index is 883. The van der Waals surface area contributed by atoms with E-state index in [-0.39, 0.29) is 26.2 Å². The van der Waals surface area contributed by atoms with E-state index in [1.807, 2.05) is 0 Å². The number of halogens is 2. The van der Waals surface area contributed by atoms with Crippen LogP contribution in [-0.2, 0) is 14.8 Å². The summed E-state index contributed by atoms with van der Waals surface area (Å²) < 4.78 is 36.8. The van der Waals surface area contributed by atoms with Crippen molar-refractivity contribution in [3.05, 3.63) is 52.0 Å². The van der Waals surface area contributed by atoms with E-state index in [4.69, 9.17) is 27.9 Å². The first-order valence-electron chi connectivity index (χ1n) is 6.52. The smallest absolute Gasteiger partial charge is 0.337 e. The second-order valence-electron chi connectivity index (χ2n) is 4.59. The van der Waals surface area contributed by atoms with Crippen molar-refractivity contribution in [2.75, 3.05) is 18.9 Å². The van der Waals surface area contributed by atoms with E-state index in [1.54, 1.807) is 0 Å². The molecule has 6 nitrogen and oxygen atoms in total. The maximum absolute atomic E-state index is 12.5. The maximum atomic E-state index is 12.5. The molecule has 2 rings (SSSR count). The number of anilines is 1. The first kappa shape index (κ1) is 18.4. The van der Waals surface area contributed by atoms with Crippen molar-refractivity contribution in [1.82, 2.24) is 0 Å². The molecule has 0 aliphatic heterocycles. The third-order valence-corrected chi connectivity index (χ3v) is 5.05. The molecule has 0 aliphatic rings. The van der Waals surface area contributed by atoms with Gasteiger partial charge in [-0.1, -0.05) is 23.2 Å². The largest absolute Gasteiger partial charge is 0.495 e. The number of methoxy groups -OCH3 is 2. The fourth-order valence-corrected chi connectivity index (χ4v) is 3.51. The van der Waals surface area contributed by atoms with E-state index in [0.717, 1.165) is 0 Å². The van der Waals surface area contributed by atoms with Crippen LogP contribution < -0.4 is 9.46 Å². The Balaban J connectivity index is 2.39. The predicted molar refractivity (Wildman–Crippen MR) is 91.6 cm³/mol. The number of rotatable bonds is 5. The molecule has 0 unspecified atom stereocenters. The number of esters is 1. The van der Waals surface area contributed by atoms with Gasteiger partial charge in [-0.25, -0.2) is 13.2 Å². The van der Waals surface area contributed by atoms with Gasteiger partial charge in [0.1, 0.15) is 5.75 Å². The van der Waals surface area contributed by atoms with E-state index in [1.165, 1.54) is 50.6 Å². The molecule has 0 aromatic heterocycles. The summed E-state index contributed by atoms with van der Waals surface area (Å²) in [5.74, 6) is -0.263. The minimum Gasteiger partial charge on any atom is -0.495 e. The van der Waals surface area contributed by atoms with Crippen molar-refractivity contribution in [2.24, 2.45) is 0 Å². The van der Waals surface area contributed by atoms with E-state index < -0.39 is 16.0 Å². The molecule has 0 bridgehead atoms. The molecule has 0 atom stereocenters. The number of nitrogens with one attached hydrogen (secondary N) is 1. The van der Waals surface area contributed by atoms with E-state index in [9.17, 15) is 13.2 Å². The topological polar surface area (TPSA) is 81.7 Å². The van der Waals surface area contributed by atoms with Crippen LogP contribution in [0.15, 0.2) is 41.3 Å². The third kappa shape index (κ3) is 3.92. The zero-order valence-corrected chi connectivity index (χ0v) is 15.0. The molecule has 0 aliphatic carbocycles. The Hall–Kier alpha value is -1.96. The average molecular weight is 390 g/mol.